The van der Waals surface area contributed by atoms with Crippen LogP contribution in [0.15, 0.2) is 54.7 Å². The first-order valence-corrected chi connectivity index (χ1v) is 13.1. The first-order chi connectivity index (χ1) is 16.2. The molecule has 1 atom stereocenters. The first kappa shape index (κ1) is 24.1. The van der Waals surface area contributed by atoms with Crippen LogP contribution < -0.4 is 0 Å². The van der Waals surface area contributed by atoms with Gasteiger partial charge in [-0.15, -0.1) is 0 Å². The van der Waals surface area contributed by atoms with E-state index in [0.717, 1.165) is 29.8 Å². The third-order valence-electron chi connectivity index (χ3n) is 6.35. The van der Waals surface area contributed by atoms with Gasteiger partial charge < -0.3 is 4.90 Å². The highest BCUT2D eigenvalue weighted by Gasteiger charge is 2.30. The summed E-state index contributed by atoms with van der Waals surface area (Å²) in [5.41, 5.74) is 3.19. The quantitative estimate of drug-likeness (QED) is 0.539. The molecule has 1 unspecified atom stereocenters. The number of likely N-dealkylation sites (tertiary alicyclic amines) is 1. The summed E-state index contributed by atoms with van der Waals surface area (Å²) in [4.78, 5) is 19.4. The molecule has 8 nitrogen and oxygen atoms in total. The van der Waals surface area contributed by atoms with Crippen molar-refractivity contribution >= 4 is 15.9 Å². The second kappa shape index (κ2) is 10.1. The summed E-state index contributed by atoms with van der Waals surface area (Å²) in [5, 5.41) is 4.43. The Morgan fingerprint density at radius 3 is 2.50 bits per heavy atom. The largest absolute Gasteiger partial charge is 0.339 e. The molecule has 0 spiro atoms. The Labute approximate surface area is 201 Å². The highest BCUT2D eigenvalue weighted by atomic mass is 32.2. The topological polar surface area (TPSA) is 88.4 Å². The first-order valence-electron chi connectivity index (χ1n) is 11.5. The number of amides is 1. The van der Waals surface area contributed by atoms with Gasteiger partial charge in [-0.05, 0) is 56.9 Å². The number of sulfonamides is 1. The lowest BCUT2D eigenvalue weighted by molar-refractivity contribution is 0.0759. The minimum atomic E-state index is -3.44. The molecule has 1 fully saturated rings. The highest BCUT2D eigenvalue weighted by Crippen LogP contribution is 2.22. The van der Waals surface area contributed by atoms with E-state index >= 15 is 0 Å². The van der Waals surface area contributed by atoms with Crippen LogP contribution in [0.5, 0.6) is 0 Å². The van der Waals surface area contributed by atoms with E-state index in [2.05, 4.69) is 10.1 Å². The van der Waals surface area contributed by atoms with Gasteiger partial charge in [0.1, 0.15) is 0 Å². The van der Waals surface area contributed by atoms with E-state index in [4.69, 9.17) is 0 Å². The predicted molar refractivity (Wildman–Crippen MR) is 131 cm³/mol. The van der Waals surface area contributed by atoms with Crippen molar-refractivity contribution in [1.29, 1.82) is 0 Å². The van der Waals surface area contributed by atoms with Gasteiger partial charge in [-0.2, -0.15) is 5.10 Å². The fourth-order valence-electron chi connectivity index (χ4n) is 4.44. The van der Waals surface area contributed by atoms with E-state index in [0.29, 0.717) is 30.9 Å². The van der Waals surface area contributed by atoms with E-state index < -0.39 is 10.0 Å². The fraction of sp³-hybridized carbons (Fsp3) is 0.400. The van der Waals surface area contributed by atoms with Gasteiger partial charge in [0.15, 0.2) is 5.82 Å². The Bertz CT molecular complexity index is 1240. The van der Waals surface area contributed by atoms with Gasteiger partial charge in [-0.25, -0.2) is 22.4 Å². The van der Waals surface area contributed by atoms with Gasteiger partial charge in [0.25, 0.3) is 5.91 Å². The number of carbonyl (C=O) groups excluding carboxylic acids is 1. The van der Waals surface area contributed by atoms with Crippen LogP contribution in [0.1, 0.15) is 46.6 Å². The number of aryl methyl sites for hydroxylation is 2. The number of hydrogen-bond donors (Lipinski definition) is 0. The van der Waals surface area contributed by atoms with E-state index in [9.17, 15) is 13.2 Å². The third kappa shape index (κ3) is 5.37. The van der Waals surface area contributed by atoms with E-state index in [1.165, 1.54) is 4.31 Å². The zero-order chi connectivity index (χ0) is 24.3. The summed E-state index contributed by atoms with van der Waals surface area (Å²) in [7, 11) is -1.79. The molecular weight excluding hydrogens is 450 g/mol. The van der Waals surface area contributed by atoms with Crippen LogP contribution in [0.25, 0.3) is 5.82 Å². The number of hydrogen-bond acceptors (Lipinski definition) is 5. The lowest BCUT2D eigenvalue weighted by Gasteiger charge is -2.27. The van der Waals surface area contributed by atoms with Crippen molar-refractivity contribution in [2.24, 2.45) is 0 Å². The van der Waals surface area contributed by atoms with Crippen LogP contribution in [0.2, 0.25) is 0 Å². The van der Waals surface area contributed by atoms with Crippen LogP contribution in [-0.2, 0) is 15.8 Å². The third-order valence-corrected chi connectivity index (χ3v) is 8.22. The number of carbonyl (C=O) groups is 1. The van der Waals surface area contributed by atoms with Crippen LogP contribution in [0.3, 0.4) is 0 Å². The summed E-state index contributed by atoms with van der Waals surface area (Å²) in [6.07, 6.45) is 3.67. The summed E-state index contributed by atoms with van der Waals surface area (Å²) >= 11 is 0. The SMILES string of the molecule is Cc1cc(C)n(-c2ccc(C(=O)N3CCCC(N(C)S(=O)(=O)Cc4ccccc4)CC3)cn2)n1. The molecule has 0 N–H and O–H groups in total. The highest BCUT2D eigenvalue weighted by molar-refractivity contribution is 7.88. The molecule has 3 aromatic rings. The molecule has 4 rings (SSSR count). The van der Waals surface area contributed by atoms with Crippen molar-refractivity contribution in [3.8, 4) is 5.82 Å². The normalized spacial score (nSPS) is 17.1. The Kier molecular flexibility index (Phi) is 7.13. The van der Waals surface area contributed by atoms with Gasteiger partial charge in [-0.3, -0.25) is 4.79 Å². The Hall–Kier alpha value is -3.04. The molecule has 180 valence electrons. The maximum atomic E-state index is 13.1. The number of aromatic nitrogens is 3. The second-order valence-corrected chi connectivity index (χ2v) is 10.9. The minimum Gasteiger partial charge on any atom is -0.339 e. The van der Waals surface area contributed by atoms with E-state index in [1.54, 1.807) is 35.0 Å². The maximum absolute atomic E-state index is 13.1. The average molecular weight is 482 g/mol. The van der Waals surface area contributed by atoms with E-state index in [-0.39, 0.29) is 17.7 Å². The van der Waals surface area contributed by atoms with Crippen molar-refractivity contribution in [3.63, 3.8) is 0 Å². The Morgan fingerprint density at radius 2 is 1.85 bits per heavy atom. The van der Waals surface area contributed by atoms with Gasteiger partial charge in [0.05, 0.1) is 17.0 Å². The average Bonchev–Trinajstić information content (AvgIpc) is 3.01. The molecule has 1 saturated heterocycles. The molecule has 0 bridgehead atoms. The molecule has 0 saturated carbocycles. The van der Waals surface area contributed by atoms with Crippen molar-refractivity contribution in [2.45, 2.75) is 44.9 Å². The maximum Gasteiger partial charge on any atom is 0.255 e. The predicted octanol–water partition coefficient (Wildman–Crippen LogP) is 3.34. The van der Waals surface area contributed by atoms with Crippen LogP contribution >= 0.6 is 0 Å². The molecule has 2 aromatic heterocycles. The zero-order valence-electron chi connectivity index (χ0n) is 19.9. The van der Waals surface area contributed by atoms with Gasteiger partial charge in [0.2, 0.25) is 10.0 Å². The second-order valence-electron chi connectivity index (χ2n) is 8.88. The summed E-state index contributed by atoms with van der Waals surface area (Å²) in [5.74, 6) is 0.572. The van der Waals surface area contributed by atoms with Crippen LogP contribution in [0, 0.1) is 13.8 Å². The lowest BCUT2D eigenvalue weighted by Crippen LogP contribution is -2.39. The molecule has 9 heteroatoms. The smallest absolute Gasteiger partial charge is 0.255 e. The Balaban J connectivity index is 1.39. The van der Waals surface area contributed by atoms with Gasteiger partial charge >= 0.3 is 0 Å². The summed E-state index contributed by atoms with van der Waals surface area (Å²) < 4.78 is 29.2. The molecular formula is C25H31N5O3S. The molecule has 0 radical (unpaired) electrons. The van der Waals surface area contributed by atoms with Crippen molar-refractivity contribution in [3.05, 3.63) is 77.2 Å². The van der Waals surface area contributed by atoms with E-state index in [1.807, 2.05) is 50.2 Å². The number of pyridine rings is 1. The monoisotopic (exact) mass is 481 g/mol. The van der Waals surface area contributed by atoms with Crippen LogP contribution in [0.4, 0.5) is 0 Å². The molecule has 34 heavy (non-hydrogen) atoms. The standard InChI is InChI=1S/C25H31N5O3S/c1-19-16-20(2)30(27-19)24-12-11-22(17-26-24)25(31)29-14-7-10-23(13-15-29)28(3)34(32,33)18-21-8-5-4-6-9-21/h4-6,8-9,11-12,16-17,23H,7,10,13-15,18H2,1-3H3. The van der Waals surface area contributed by atoms with Crippen molar-refractivity contribution in [1.82, 2.24) is 24.0 Å². The van der Waals surface area contributed by atoms with Crippen molar-refractivity contribution < 1.29 is 13.2 Å². The molecule has 1 aliphatic rings. The number of rotatable bonds is 6. The molecule has 1 aromatic carbocycles. The van der Waals surface area contributed by atoms with Crippen LogP contribution in [-0.4, -0.2) is 64.5 Å². The lowest BCUT2D eigenvalue weighted by atomic mass is 10.1. The fourth-order valence-corrected chi connectivity index (χ4v) is 5.92. The van der Waals surface area contributed by atoms with Gasteiger partial charge in [0, 0.05) is 38.1 Å². The summed E-state index contributed by atoms with van der Waals surface area (Å²) in [6, 6.07) is 14.7. The number of nitrogens with zero attached hydrogens (tertiary/aromatic N) is 5. The van der Waals surface area contributed by atoms with Gasteiger partial charge in [-0.1, -0.05) is 30.3 Å². The Morgan fingerprint density at radius 1 is 1.09 bits per heavy atom. The summed E-state index contributed by atoms with van der Waals surface area (Å²) in [6.45, 7) is 5.00. The number of benzene rings is 1. The zero-order valence-corrected chi connectivity index (χ0v) is 20.7. The molecule has 3 heterocycles. The molecule has 0 aliphatic carbocycles. The molecule has 1 aliphatic heterocycles. The minimum absolute atomic E-state index is 0.0171. The molecule has 1 amide bonds. The van der Waals surface area contributed by atoms with Crippen molar-refractivity contribution in [2.75, 3.05) is 20.1 Å².